The van der Waals surface area contributed by atoms with Crippen molar-refractivity contribution in [2.45, 2.75) is 64.4 Å². The van der Waals surface area contributed by atoms with Crippen molar-refractivity contribution in [1.82, 2.24) is 0 Å². The maximum Gasteiger partial charge on any atom is 0.336 e. The summed E-state index contributed by atoms with van der Waals surface area (Å²) in [6.07, 6.45) is 4.46. The molecule has 0 aromatic heterocycles. The number of cyclic esters (lactones) is 1. The molecule has 7 unspecified atom stereocenters. The van der Waals surface area contributed by atoms with E-state index in [1.807, 2.05) is 6.07 Å². The number of hydrogen-bond acceptors (Lipinski definition) is 5. The van der Waals surface area contributed by atoms with E-state index in [0.29, 0.717) is 30.1 Å². The van der Waals surface area contributed by atoms with Crippen LogP contribution in [0.2, 0.25) is 0 Å². The molecular weight excluding hydrogens is 423 g/mol. The maximum absolute atomic E-state index is 13.7. The second-order valence-corrected chi connectivity index (χ2v) is 10.7. The predicted octanol–water partition coefficient (Wildman–Crippen LogP) is 4.86. The van der Waals surface area contributed by atoms with E-state index < -0.39 is 18.4 Å². The van der Waals surface area contributed by atoms with E-state index in [4.69, 9.17) is 14.2 Å². The average Bonchev–Trinajstić information content (AvgIpc) is 3.21. The Morgan fingerprint density at radius 2 is 2.09 bits per heavy atom. The largest absolute Gasteiger partial charge is 0.458 e. The second kappa shape index (κ2) is 8.33. The monoisotopic (exact) mass is 456 g/mol. The lowest BCUT2D eigenvalue weighted by atomic mass is 9.45. The first-order chi connectivity index (χ1) is 15.7. The summed E-state index contributed by atoms with van der Waals surface area (Å²) in [4.78, 5) is 12.0. The van der Waals surface area contributed by atoms with Gasteiger partial charge in [0, 0.05) is 11.0 Å². The van der Waals surface area contributed by atoms with Crippen LogP contribution in [0.25, 0.3) is 0 Å². The zero-order valence-electron chi connectivity index (χ0n) is 19.4. The number of carbonyl (C=O) groups is 1. The normalized spacial score (nSPS) is 39.3. The van der Waals surface area contributed by atoms with Gasteiger partial charge in [0.2, 0.25) is 0 Å². The number of esters is 1. The Morgan fingerprint density at radius 1 is 1.27 bits per heavy atom. The molecule has 178 valence electrons. The summed E-state index contributed by atoms with van der Waals surface area (Å²) < 4.78 is 31.4. The van der Waals surface area contributed by atoms with Gasteiger partial charge >= 0.3 is 5.97 Å². The Bertz CT molecular complexity index is 988. The van der Waals surface area contributed by atoms with E-state index in [2.05, 4.69) is 20.4 Å². The van der Waals surface area contributed by atoms with Crippen LogP contribution in [0.3, 0.4) is 0 Å². The minimum Gasteiger partial charge on any atom is -0.458 e. The van der Waals surface area contributed by atoms with E-state index in [-0.39, 0.29) is 35.3 Å². The molecule has 7 atom stereocenters. The molecule has 5 rings (SSSR count). The molecule has 0 radical (unpaired) electrons. The van der Waals surface area contributed by atoms with E-state index in [1.165, 1.54) is 12.1 Å². The van der Waals surface area contributed by atoms with Gasteiger partial charge in [-0.3, -0.25) is 0 Å². The van der Waals surface area contributed by atoms with Gasteiger partial charge in [-0.25, -0.2) is 9.18 Å². The third-order valence-electron chi connectivity index (χ3n) is 8.84. The highest BCUT2D eigenvalue weighted by Crippen LogP contribution is 2.64. The summed E-state index contributed by atoms with van der Waals surface area (Å²) in [5, 5.41) is 10.9. The van der Waals surface area contributed by atoms with Gasteiger partial charge in [-0.2, -0.15) is 0 Å². The van der Waals surface area contributed by atoms with Crippen LogP contribution in [-0.4, -0.2) is 36.5 Å². The van der Waals surface area contributed by atoms with E-state index in [1.54, 1.807) is 12.1 Å². The summed E-state index contributed by atoms with van der Waals surface area (Å²) in [6.45, 7) is 9.70. The van der Waals surface area contributed by atoms with Crippen LogP contribution < -0.4 is 0 Å². The fraction of sp³-hybridized carbons (Fsp3) is 0.593. The van der Waals surface area contributed by atoms with E-state index in [9.17, 15) is 14.3 Å². The topological polar surface area (TPSA) is 65.0 Å². The smallest absolute Gasteiger partial charge is 0.336 e. The molecule has 33 heavy (non-hydrogen) atoms. The molecule has 2 heterocycles. The maximum atomic E-state index is 13.7. The lowest BCUT2D eigenvalue weighted by molar-refractivity contribution is -0.307. The number of aliphatic hydroxyl groups is 1. The zero-order valence-corrected chi connectivity index (χ0v) is 19.4. The number of benzene rings is 1. The molecule has 2 aliphatic carbocycles. The minimum atomic E-state index is -0.848. The summed E-state index contributed by atoms with van der Waals surface area (Å²) >= 11 is 0. The van der Waals surface area contributed by atoms with Crippen molar-refractivity contribution in [3.8, 4) is 0 Å². The van der Waals surface area contributed by atoms with Crippen molar-refractivity contribution in [1.29, 1.82) is 0 Å². The third kappa shape index (κ3) is 3.76. The van der Waals surface area contributed by atoms with Crippen LogP contribution in [0.1, 0.15) is 57.8 Å². The van der Waals surface area contributed by atoms with Crippen molar-refractivity contribution in [2.24, 2.45) is 22.7 Å². The predicted molar refractivity (Wildman–Crippen MR) is 120 cm³/mol. The average molecular weight is 457 g/mol. The van der Waals surface area contributed by atoms with Crippen molar-refractivity contribution in [3.63, 3.8) is 0 Å². The summed E-state index contributed by atoms with van der Waals surface area (Å²) in [5.41, 5.74) is 1.96. The van der Waals surface area contributed by atoms with Gasteiger partial charge in [0.15, 0.2) is 6.29 Å². The Balaban J connectivity index is 1.37. The SMILES string of the molecule is C=C1CCC2C3(C)COC(c4cccc(F)c4)OC3CCC2(C)C1CC(O)C1=CCOC1=O. The molecule has 6 heteroatoms. The second-order valence-electron chi connectivity index (χ2n) is 10.7. The Hall–Kier alpha value is -2.02. The van der Waals surface area contributed by atoms with Gasteiger partial charge in [-0.05, 0) is 67.6 Å². The molecule has 0 amide bonds. The molecule has 1 N–H and O–H groups in total. The first kappa shape index (κ1) is 22.8. The zero-order chi connectivity index (χ0) is 23.4. The first-order valence-electron chi connectivity index (χ1n) is 12.0. The molecule has 4 aliphatic rings. The Morgan fingerprint density at radius 3 is 2.82 bits per heavy atom. The molecule has 1 aromatic carbocycles. The van der Waals surface area contributed by atoms with Crippen LogP contribution in [-0.2, 0) is 19.0 Å². The van der Waals surface area contributed by atoms with Gasteiger partial charge in [0.25, 0.3) is 0 Å². The van der Waals surface area contributed by atoms with Crippen molar-refractivity contribution < 1.29 is 28.5 Å². The molecule has 2 saturated carbocycles. The van der Waals surface area contributed by atoms with Crippen LogP contribution in [0.15, 0.2) is 48.1 Å². The Labute approximate surface area is 194 Å². The summed E-state index contributed by atoms with van der Waals surface area (Å²) in [6, 6.07) is 6.42. The summed E-state index contributed by atoms with van der Waals surface area (Å²) in [7, 11) is 0. The molecule has 0 spiro atoms. The molecule has 3 fully saturated rings. The van der Waals surface area contributed by atoms with E-state index in [0.717, 1.165) is 31.3 Å². The first-order valence-corrected chi connectivity index (χ1v) is 12.0. The number of fused-ring (bicyclic) bond motifs is 3. The number of hydrogen-bond donors (Lipinski definition) is 1. The van der Waals surface area contributed by atoms with Gasteiger partial charge in [-0.1, -0.05) is 38.1 Å². The van der Waals surface area contributed by atoms with Crippen LogP contribution in [0.5, 0.6) is 0 Å². The third-order valence-corrected chi connectivity index (χ3v) is 8.84. The number of aliphatic hydroxyl groups excluding tert-OH is 1. The number of ether oxygens (including phenoxy) is 3. The van der Waals surface area contributed by atoms with Gasteiger partial charge in [-0.15, -0.1) is 0 Å². The number of carbonyl (C=O) groups excluding carboxylic acids is 1. The highest BCUT2D eigenvalue weighted by molar-refractivity contribution is 5.91. The molecule has 1 aromatic rings. The van der Waals surface area contributed by atoms with E-state index >= 15 is 0 Å². The molecule has 0 bridgehead atoms. The minimum absolute atomic E-state index is 0.0158. The lowest BCUT2D eigenvalue weighted by Crippen LogP contribution is -2.60. The summed E-state index contributed by atoms with van der Waals surface area (Å²) in [5.74, 6) is -0.292. The van der Waals surface area contributed by atoms with Crippen LogP contribution >= 0.6 is 0 Å². The molecular formula is C27H33FO5. The molecule has 2 aliphatic heterocycles. The standard InChI is InChI=1S/C27H33FO5/c1-16-7-8-22-26(2,20(16)14-21(29)19-10-12-31-24(19)30)11-9-23-27(22,3)15-32-25(33-23)17-5-4-6-18(28)13-17/h4-6,10,13,20-23,25,29H,1,7-9,11-12,14-15H2,2-3H3. The Kier molecular flexibility index (Phi) is 5.74. The van der Waals surface area contributed by atoms with Gasteiger partial charge < -0.3 is 19.3 Å². The van der Waals surface area contributed by atoms with Crippen LogP contribution in [0.4, 0.5) is 4.39 Å². The number of rotatable bonds is 4. The van der Waals surface area contributed by atoms with Crippen molar-refractivity contribution in [2.75, 3.05) is 13.2 Å². The lowest BCUT2D eigenvalue weighted by Gasteiger charge is -2.62. The molecule has 5 nitrogen and oxygen atoms in total. The molecule has 1 saturated heterocycles. The highest BCUT2D eigenvalue weighted by Gasteiger charge is 2.60. The highest BCUT2D eigenvalue weighted by atomic mass is 19.1. The van der Waals surface area contributed by atoms with Crippen LogP contribution in [0, 0.1) is 28.5 Å². The fourth-order valence-electron chi connectivity index (χ4n) is 7.09. The van der Waals surface area contributed by atoms with Gasteiger partial charge in [0.1, 0.15) is 12.4 Å². The quantitative estimate of drug-likeness (QED) is 0.518. The van der Waals surface area contributed by atoms with Crippen molar-refractivity contribution in [3.05, 3.63) is 59.4 Å². The number of halogens is 1. The fourth-order valence-corrected chi connectivity index (χ4v) is 7.09. The number of allylic oxidation sites excluding steroid dienone is 1. The van der Waals surface area contributed by atoms with Gasteiger partial charge in [0.05, 0.1) is 24.4 Å². The van der Waals surface area contributed by atoms with Crippen molar-refractivity contribution >= 4 is 5.97 Å².